The molecule has 1 aromatic rings. The maximum atomic E-state index is 4.60. The number of hydrogen-bond acceptors (Lipinski definition) is 5. The summed E-state index contributed by atoms with van der Waals surface area (Å²) in [6, 6.07) is 0.584. The summed E-state index contributed by atoms with van der Waals surface area (Å²) in [6.45, 7) is 7.85. The highest BCUT2D eigenvalue weighted by Gasteiger charge is 2.23. The molecular formula is C14H25N5. The van der Waals surface area contributed by atoms with E-state index in [1.54, 1.807) is 0 Å². The average molecular weight is 263 g/mol. The van der Waals surface area contributed by atoms with Crippen LogP contribution in [0.5, 0.6) is 0 Å². The molecule has 1 fully saturated rings. The summed E-state index contributed by atoms with van der Waals surface area (Å²) in [5.74, 6) is 1.74. The highest BCUT2D eigenvalue weighted by Crippen LogP contribution is 2.23. The summed E-state index contributed by atoms with van der Waals surface area (Å²) in [6.07, 6.45) is 4.32. The first-order valence-corrected chi connectivity index (χ1v) is 7.12. The van der Waals surface area contributed by atoms with Crippen LogP contribution in [0.3, 0.4) is 0 Å². The Hall–Kier alpha value is -1.36. The van der Waals surface area contributed by atoms with Crippen LogP contribution in [0.2, 0.25) is 0 Å². The lowest BCUT2D eigenvalue weighted by atomic mass is 10.0. The van der Waals surface area contributed by atoms with Crippen molar-refractivity contribution in [3.8, 4) is 0 Å². The van der Waals surface area contributed by atoms with E-state index in [4.69, 9.17) is 0 Å². The Bertz CT molecular complexity index is 412. The lowest BCUT2D eigenvalue weighted by Crippen LogP contribution is -2.43. The third kappa shape index (κ3) is 3.15. The highest BCUT2D eigenvalue weighted by molar-refractivity contribution is 5.49. The maximum absolute atomic E-state index is 4.60. The second-order valence-electron chi connectivity index (χ2n) is 5.23. The van der Waals surface area contributed by atoms with Gasteiger partial charge in [-0.3, -0.25) is 0 Å². The predicted molar refractivity (Wildman–Crippen MR) is 79.9 cm³/mol. The third-order valence-electron chi connectivity index (χ3n) is 4.05. The smallest absolute Gasteiger partial charge is 0.224 e. The van der Waals surface area contributed by atoms with Gasteiger partial charge in [-0.2, -0.15) is 4.98 Å². The summed E-state index contributed by atoms with van der Waals surface area (Å²) in [5, 5.41) is 3.01. The molecule has 0 aromatic carbocycles. The van der Waals surface area contributed by atoms with Gasteiger partial charge >= 0.3 is 0 Å². The molecule has 0 saturated carbocycles. The van der Waals surface area contributed by atoms with Gasteiger partial charge in [0.2, 0.25) is 5.95 Å². The Labute approximate surface area is 116 Å². The second kappa shape index (κ2) is 6.19. The number of nitrogens with one attached hydrogen (secondary N) is 1. The first-order chi connectivity index (χ1) is 9.15. The van der Waals surface area contributed by atoms with Crippen molar-refractivity contribution >= 4 is 11.8 Å². The Morgan fingerprint density at radius 3 is 2.68 bits per heavy atom. The minimum atomic E-state index is 0.584. The fraction of sp³-hybridized carbons (Fsp3) is 0.714. The summed E-state index contributed by atoms with van der Waals surface area (Å²) in [5.41, 5.74) is 1.14. The molecule has 2 rings (SSSR count). The molecule has 0 radical (unpaired) electrons. The number of nitrogens with zero attached hydrogens (tertiary/aromatic N) is 4. The van der Waals surface area contributed by atoms with Gasteiger partial charge < -0.3 is 15.1 Å². The van der Waals surface area contributed by atoms with Crippen molar-refractivity contribution in [1.29, 1.82) is 0 Å². The molecule has 19 heavy (non-hydrogen) atoms. The Kier molecular flexibility index (Phi) is 4.58. The lowest BCUT2D eigenvalue weighted by Gasteiger charge is -2.37. The van der Waals surface area contributed by atoms with Crippen LogP contribution in [-0.2, 0) is 0 Å². The molecule has 1 aliphatic rings. The maximum Gasteiger partial charge on any atom is 0.224 e. The van der Waals surface area contributed by atoms with Crippen LogP contribution in [0.4, 0.5) is 11.8 Å². The molecule has 0 atom stereocenters. The third-order valence-corrected chi connectivity index (χ3v) is 4.05. The van der Waals surface area contributed by atoms with Crippen LogP contribution in [0, 0.1) is 6.92 Å². The minimum absolute atomic E-state index is 0.584. The van der Waals surface area contributed by atoms with Gasteiger partial charge in [0.15, 0.2) is 0 Å². The van der Waals surface area contributed by atoms with Crippen LogP contribution >= 0.6 is 0 Å². The second-order valence-corrected chi connectivity index (χ2v) is 5.23. The SMILES string of the molecule is CCN1CCC(N(C)c2nc(NC)ncc2C)CC1. The summed E-state index contributed by atoms with van der Waals surface area (Å²) >= 11 is 0. The Morgan fingerprint density at radius 1 is 1.42 bits per heavy atom. The van der Waals surface area contributed by atoms with Gasteiger partial charge in [-0.05, 0) is 26.3 Å². The molecule has 1 N–H and O–H groups in total. The molecule has 0 aliphatic carbocycles. The molecular weight excluding hydrogens is 238 g/mol. The molecule has 0 bridgehead atoms. The number of aromatic nitrogens is 2. The molecule has 0 spiro atoms. The van der Waals surface area contributed by atoms with Crippen molar-refractivity contribution in [2.75, 3.05) is 43.9 Å². The van der Waals surface area contributed by atoms with Crippen molar-refractivity contribution in [1.82, 2.24) is 14.9 Å². The zero-order valence-electron chi connectivity index (χ0n) is 12.5. The van der Waals surface area contributed by atoms with E-state index in [0.29, 0.717) is 12.0 Å². The van der Waals surface area contributed by atoms with E-state index in [0.717, 1.165) is 17.9 Å². The molecule has 1 aromatic heterocycles. The van der Waals surface area contributed by atoms with Gasteiger partial charge in [-0.25, -0.2) is 4.98 Å². The monoisotopic (exact) mass is 263 g/mol. The van der Waals surface area contributed by atoms with E-state index < -0.39 is 0 Å². The van der Waals surface area contributed by atoms with Crippen LogP contribution in [0.25, 0.3) is 0 Å². The van der Waals surface area contributed by atoms with Crippen molar-refractivity contribution in [3.63, 3.8) is 0 Å². The zero-order chi connectivity index (χ0) is 13.8. The quantitative estimate of drug-likeness (QED) is 0.896. The molecule has 5 nitrogen and oxygen atoms in total. The Morgan fingerprint density at radius 2 is 2.11 bits per heavy atom. The number of hydrogen-bond donors (Lipinski definition) is 1. The fourth-order valence-electron chi connectivity index (χ4n) is 2.71. The number of rotatable bonds is 4. The zero-order valence-corrected chi connectivity index (χ0v) is 12.5. The highest BCUT2D eigenvalue weighted by atomic mass is 15.2. The fourth-order valence-corrected chi connectivity index (χ4v) is 2.71. The van der Waals surface area contributed by atoms with Crippen LogP contribution < -0.4 is 10.2 Å². The van der Waals surface area contributed by atoms with Crippen molar-refractivity contribution < 1.29 is 0 Å². The minimum Gasteiger partial charge on any atom is -0.357 e. The molecule has 0 amide bonds. The molecule has 0 unspecified atom stereocenters. The number of anilines is 2. The molecule has 1 aliphatic heterocycles. The van der Waals surface area contributed by atoms with E-state index in [9.17, 15) is 0 Å². The van der Waals surface area contributed by atoms with Gasteiger partial charge in [0.25, 0.3) is 0 Å². The molecule has 5 heteroatoms. The van der Waals surface area contributed by atoms with Crippen molar-refractivity contribution in [2.45, 2.75) is 32.7 Å². The summed E-state index contributed by atoms with van der Waals surface area (Å²) in [7, 11) is 4.01. The molecule has 2 heterocycles. The van der Waals surface area contributed by atoms with Crippen molar-refractivity contribution in [2.24, 2.45) is 0 Å². The van der Waals surface area contributed by atoms with Crippen LogP contribution in [0.1, 0.15) is 25.3 Å². The first-order valence-electron chi connectivity index (χ1n) is 7.12. The van der Waals surface area contributed by atoms with Gasteiger partial charge in [0.1, 0.15) is 5.82 Å². The standard InChI is InChI=1S/C14H25N5/c1-5-19-8-6-12(7-9-19)18(4)13-11(2)10-16-14(15-3)17-13/h10,12H,5-9H2,1-4H3,(H,15,16,17). The summed E-state index contributed by atoms with van der Waals surface area (Å²) < 4.78 is 0. The lowest BCUT2D eigenvalue weighted by molar-refractivity contribution is 0.220. The van der Waals surface area contributed by atoms with Gasteiger partial charge in [-0.15, -0.1) is 0 Å². The van der Waals surface area contributed by atoms with Gasteiger partial charge in [0.05, 0.1) is 0 Å². The van der Waals surface area contributed by atoms with E-state index >= 15 is 0 Å². The topological polar surface area (TPSA) is 44.3 Å². The predicted octanol–water partition coefficient (Wildman–Crippen LogP) is 1.75. The van der Waals surface area contributed by atoms with E-state index in [-0.39, 0.29) is 0 Å². The number of piperidine rings is 1. The van der Waals surface area contributed by atoms with Crippen LogP contribution in [-0.4, -0.2) is 54.6 Å². The van der Waals surface area contributed by atoms with Crippen molar-refractivity contribution in [3.05, 3.63) is 11.8 Å². The number of aryl methyl sites for hydroxylation is 1. The van der Waals surface area contributed by atoms with Gasteiger partial charge in [0, 0.05) is 45.0 Å². The molecule has 1 saturated heterocycles. The summed E-state index contributed by atoms with van der Waals surface area (Å²) in [4.78, 5) is 13.7. The van der Waals surface area contributed by atoms with Gasteiger partial charge in [-0.1, -0.05) is 6.92 Å². The van der Waals surface area contributed by atoms with E-state index in [2.05, 4.69) is 46.0 Å². The first kappa shape index (κ1) is 14.1. The van der Waals surface area contributed by atoms with Crippen LogP contribution in [0.15, 0.2) is 6.20 Å². The van der Waals surface area contributed by atoms with E-state index in [1.165, 1.54) is 25.9 Å². The average Bonchev–Trinajstić information content (AvgIpc) is 2.47. The largest absolute Gasteiger partial charge is 0.357 e. The molecule has 106 valence electrons. The Balaban J connectivity index is 2.09. The normalized spacial score (nSPS) is 17.5. The number of likely N-dealkylation sites (tertiary alicyclic amines) is 1. The van der Waals surface area contributed by atoms with E-state index in [1.807, 2.05) is 13.2 Å².